The Bertz CT molecular complexity index is 336. The number of carbonyl (C=O) groups is 1. The summed E-state index contributed by atoms with van der Waals surface area (Å²) in [6.45, 7) is 0. The lowest BCUT2D eigenvalue weighted by molar-refractivity contribution is -0.136. The Labute approximate surface area is 96.2 Å². The molecule has 1 rings (SSSR count). The first kappa shape index (κ1) is 11.3. The van der Waals surface area contributed by atoms with E-state index in [1.807, 2.05) is 12.1 Å². The van der Waals surface area contributed by atoms with Crippen LogP contribution in [-0.2, 0) is 15.6 Å². The van der Waals surface area contributed by atoms with E-state index < -0.39 is 5.97 Å². The van der Waals surface area contributed by atoms with Gasteiger partial charge in [0.25, 0.3) is 0 Å². The molecule has 14 heavy (non-hydrogen) atoms. The third kappa shape index (κ3) is 2.87. The molecule has 0 atom stereocenters. The zero-order valence-electron chi connectivity index (χ0n) is 7.79. The van der Waals surface area contributed by atoms with Gasteiger partial charge in [0, 0.05) is 9.99 Å². The smallest absolute Gasteiger partial charge is 0.307 e. The molecule has 0 spiro atoms. The Kier molecular flexibility index (Phi) is 4.19. The van der Waals surface area contributed by atoms with E-state index in [9.17, 15) is 4.79 Å². The number of alkyl halides is 1. The van der Waals surface area contributed by atoms with Crippen molar-refractivity contribution in [3.05, 3.63) is 29.3 Å². The van der Waals surface area contributed by atoms with Crippen molar-refractivity contribution in [2.45, 2.75) is 10.8 Å². The minimum atomic E-state index is -0.825. The zero-order valence-corrected chi connectivity index (χ0v) is 9.95. The van der Waals surface area contributed by atoms with Crippen LogP contribution in [0.4, 0.5) is 0 Å². The summed E-state index contributed by atoms with van der Waals surface area (Å²) in [5.74, 6) is -0.0626. The van der Waals surface area contributed by atoms with Crippen LogP contribution in [0.1, 0.15) is 11.1 Å². The number of methoxy groups -OCH3 is 1. The summed E-state index contributed by atoms with van der Waals surface area (Å²) in [4.78, 5) is 10.5. The first-order valence-corrected chi connectivity index (χ1v) is 5.63. The van der Waals surface area contributed by atoms with Crippen LogP contribution in [0.5, 0.6) is 5.75 Å². The maximum Gasteiger partial charge on any atom is 0.307 e. The molecule has 1 aromatic rings. The third-order valence-electron chi connectivity index (χ3n) is 1.85. The van der Waals surface area contributed by atoms with E-state index in [4.69, 9.17) is 9.84 Å². The Hall–Kier alpha value is -0.780. The van der Waals surface area contributed by atoms with Crippen molar-refractivity contribution in [1.82, 2.24) is 0 Å². The molecule has 0 saturated carbocycles. The van der Waals surface area contributed by atoms with E-state index in [2.05, 4.69) is 22.6 Å². The number of hydrogen-bond acceptors (Lipinski definition) is 2. The van der Waals surface area contributed by atoms with Gasteiger partial charge in [-0.3, -0.25) is 4.79 Å². The van der Waals surface area contributed by atoms with Crippen LogP contribution in [0.2, 0.25) is 0 Å². The molecule has 0 fully saturated rings. The topological polar surface area (TPSA) is 46.5 Å². The molecule has 4 heteroatoms. The molecule has 0 radical (unpaired) electrons. The van der Waals surface area contributed by atoms with Crippen LogP contribution in [0.15, 0.2) is 18.2 Å². The van der Waals surface area contributed by atoms with E-state index in [1.165, 1.54) is 0 Å². The molecule has 0 aliphatic carbocycles. The highest BCUT2D eigenvalue weighted by molar-refractivity contribution is 14.1. The molecular weight excluding hydrogens is 295 g/mol. The molecule has 1 N–H and O–H groups in total. The van der Waals surface area contributed by atoms with Crippen LogP contribution >= 0.6 is 22.6 Å². The standard InChI is InChI=1S/C10H11IO3/c1-14-9-4-7(5-10(12)13)2-3-8(9)6-11/h2-4H,5-6H2,1H3,(H,12,13). The number of carboxylic acid groups (broad SMARTS) is 1. The molecule has 0 aliphatic heterocycles. The highest BCUT2D eigenvalue weighted by Gasteiger charge is 2.05. The summed E-state index contributed by atoms with van der Waals surface area (Å²) < 4.78 is 6.02. The van der Waals surface area contributed by atoms with Gasteiger partial charge in [-0.2, -0.15) is 0 Å². The number of aliphatic carboxylic acids is 1. The first-order valence-electron chi connectivity index (χ1n) is 4.11. The first-order chi connectivity index (χ1) is 6.67. The van der Waals surface area contributed by atoms with E-state index in [0.717, 1.165) is 21.3 Å². The van der Waals surface area contributed by atoms with Gasteiger partial charge in [-0.1, -0.05) is 34.7 Å². The average molecular weight is 306 g/mol. The fourth-order valence-electron chi connectivity index (χ4n) is 1.18. The zero-order chi connectivity index (χ0) is 10.6. The summed E-state index contributed by atoms with van der Waals surface area (Å²) in [5, 5.41) is 8.61. The van der Waals surface area contributed by atoms with Gasteiger partial charge < -0.3 is 9.84 Å². The van der Waals surface area contributed by atoms with E-state index in [-0.39, 0.29) is 6.42 Å². The monoisotopic (exact) mass is 306 g/mol. The van der Waals surface area contributed by atoms with Crippen LogP contribution < -0.4 is 4.74 Å². The fraction of sp³-hybridized carbons (Fsp3) is 0.300. The molecule has 0 aliphatic rings. The summed E-state index contributed by atoms with van der Waals surface area (Å²) in [6.07, 6.45) is 0.0396. The van der Waals surface area contributed by atoms with Crippen molar-refractivity contribution in [3.63, 3.8) is 0 Å². The maximum atomic E-state index is 10.5. The Morgan fingerprint density at radius 1 is 1.57 bits per heavy atom. The third-order valence-corrected chi connectivity index (χ3v) is 2.67. The molecule has 0 unspecified atom stereocenters. The lowest BCUT2D eigenvalue weighted by Gasteiger charge is -2.07. The molecule has 1 aromatic carbocycles. The van der Waals surface area contributed by atoms with Gasteiger partial charge in [-0.15, -0.1) is 0 Å². The molecule has 0 amide bonds. The number of ether oxygens (including phenoxy) is 1. The van der Waals surface area contributed by atoms with E-state index >= 15 is 0 Å². The van der Waals surface area contributed by atoms with Crippen molar-refractivity contribution in [3.8, 4) is 5.75 Å². The van der Waals surface area contributed by atoms with Crippen molar-refractivity contribution in [2.75, 3.05) is 7.11 Å². The summed E-state index contributed by atoms with van der Waals surface area (Å²) in [6, 6.07) is 5.51. The quantitative estimate of drug-likeness (QED) is 0.685. The molecule has 0 saturated heterocycles. The minimum absolute atomic E-state index is 0.0396. The average Bonchev–Trinajstić information content (AvgIpc) is 2.16. The Morgan fingerprint density at radius 2 is 2.29 bits per heavy atom. The fourth-order valence-corrected chi connectivity index (χ4v) is 1.81. The largest absolute Gasteiger partial charge is 0.496 e. The van der Waals surface area contributed by atoms with Crippen LogP contribution in [0, 0.1) is 0 Å². The van der Waals surface area contributed by atoms with Crippen LogP contribution in [-0.4, -0.2) is 18.2 Å². The Balaban J connectivity index is 2.95. The van der Waals surface area contributed by atoms with E-state index in [0.29, 0.717) is 0 Å². The van der Waals surface area contributed by atoms with Crippen molar-refractivity contribution >= 4 is 28.6 Å². The molecule has 0 aromatic heterocycles. The Morgan fingerprint density at radius 3 is 2.79 bits per heavy atom. The summed E-state index contributed by atoms with van der Waals surface area (Å²) >= 11 is 2.24. The van der Waals surface area contributed by atoms with Gasteiger partial charge in [0.1, 0.15) is 5.75 Å². The molecule has 0 bridgehead atoms. The van der Waals surface area contributed by atoms with Gasteiger partial charge in [0.2, 0.25) is 0 Å². The van der Waals surface area contributed by atoms with E-state index in [1.54, 1.807) is 13.2 Å². The molecule has 76 valence electrons. The minimum Gasteiger partial charge on any atom is -0.496 e. The number of halogens is 1. The van der Waals surface area contributed by atoms with Gasteiger partial charge in [0.05, 0.1) is 13.5 Å². The summed E-state index contributed by atoms with van der Waals surface area (Å²) in [7, 11) is 1.59. The summed E-state index contributed by atoms with van der Waals surface area (Å²) in [5.41, 5.74) is 1.85. The van der Waals surface area contributed by atoms with Crippen molar-refractivity contribution < 1.29 is 14.6 Å². The normalized spacial score (nSPS) is 9.86. The lowest BCUT2D eigenvalue weighted by atomic mass is 10.1. The lowest BCUT2D eigenvalue weighted by Crippen LogP contribution is -2.01. The van der Waals surface area contributed by atoms with Crippen LogP contribution in [0.25, 0.3) is 0 Å². The van der Waals surface area contributed by atoms with Gasteiger partial charge in [-0.05, 0) is 11.6 Å². The number of benzene rings is 1. The molecule has 0 heterocycles. The van der Waals surface area contributed by atoms with Gasteiger partial charge in [0.15, 0.2) is 0 Å². The highest BCUT2D eigenvalue weighted by atomic mass is 127. The predicted molar refractivity (Wildman–Crippen MR) is 62.1 cm³/mol. The number of hydrogen-bond donors (Lipinski definition) is 1. The number of rotatable bonds is 4. The van der Waals surface area contributed by atoms with Crippen LogP contribution in [0.3, 0.4) is 0 Å². The SMILES string of the molecule is COc1cc(CC(=O)O)ccc1CI. The van der Waals surface area contributed by atoms with Crippen molar-refractivity contribution in [1.29, 1.82) is 0 Å². The number of carboxylic acids is 1. The van der Waals surface area contributed by atoms with Gasteiger partial charge >= 0.3 is 5.97 Å². The predicted octanol–water partition coefficient (Wildman–Crippen LogP) is 2.26. The molecule has 3 nitrogen and oxygen atoms in total. The van der Waals surface area contributed by atoms with Gasteiger partial charge in [-0.25, -0.2) is 0 Å². The molecular formula is C10H11IO3. The maximum absolute atomic E-state index is 10.5. The highest BCUT2D eigenvalue weighted by Crippen LogP contribution is 2.22. The van der Waals surface area contributed by atoms with Crippen molar-refractivity contribution in [2.24, 2.45) is 0 Å². The second-order valence-electron chi connectivity index (χ2n) is 2.85. The second kappa shape index (κ2) is 5.19. The second-order valence-corrected chi connectivity index (χ2v) is 3.61.